The summed E-state index contributed by atoms with van der Waals surface area (Å²) in [6.07, 6.45) is 2.47. The Bertz CT molecular complexity index is 706. The predicted octanol–water partition coefficient (Wildman–Crippen LogP) is 3.84. The largest absolute Gasteiger partial charge is 0.507 e. The lowest BCUT2D eigenvalue weighted by atomic mass is 9.96. The number of hydrazone groups is 1. The first-order valence-electron chi connectivity index (χ1n) is 8.17. The molecule has 0 saturated heterocycles. The van der Waals surface area contributed by atoms with Crippen LogP contribution in [0.25, 0.3) is 0 Å². The fourth-order valence-corrected chi connectivity index (χ4v) is 2.42. The van der Waals surface area contributed by atoms with Crippen LogP contribution < -0.4 is 5.43 Å². The minimum atomic E-state index is -0.292. The summed E-state index contributed by atoms with van der Waals surface area (Å²) in [6, 6.07) is 15.0. The van der Waals surface area contributed by atoms with Crippen LogP contribution in [0.1, 0.15) is 43.4 Å². The van der Waals surface area contributed by atoms with Gasteiger partial charge in [-0.25, -0.2) is 5.43 Å². The Hall–Kier alpha value is -2.62. The van der Waals surface area contributed by atoms with Crippen LogP contribution >= 0.6 is 0 Å². The van der Waals surface area contributed by atoms with Crippen LogP contribution in [0, 0.1) is 5.92 Å². The average Bonchev–Trinajstić information content (AvgIpc) is 2.56. The van der Waals surface area contributed by atoms with E-state index in [2.05, 4.69) is 36.5 Å². The Labute approximate surface area is 143 Å². The maximum atomic E-state index is 12.2. The molecule has 2 aromatic carbocycles. The zero-order valence-electron chi connectivity index (χ0n) is 14.4. The summed E-state index contributed by atoms with van der Waals surface area (Å²) in [5.41, 5.74) is 5.31. The van der Waals surface area contributed by atoms with Crippen LogP contribution in [-0.4, -0.2) is 17.2 Å². The highest BCUT2D eigenvalue weighted by atomic mass is 16.3. The van der Waals surface area contributed by atoms with Gasteiger partial charge < -0.3 is 5.11 Å². The average molecular weight is 324 g/mol. The Morgan fingerprint density at radius 1 is 1.12 bits per heavy atom. The third-order valence-corrected chi connectivity index (χ3v) is 3.83. The molecule has 0 aliphatic rings. The number of nitrogens with zero attached hydrogens (tertiary/aromatic N) is 1. The van der Waals surface area contributed by atoms with Crippen molar-refractivity contribution in [3.8, 4) is 5.75 Å². The summed E-state index contributed by atoms with van der Waals surface area (Å²) in [6.45, 7) is 6.22. The van der Waals surface area contributed by atoms with E-state index < -0.39 is 0 Å². The zero-order valence-corrected chi connectivity index (χ0v) is 14.4. The van der Waals surface area contributed by atoms with Crippen LogP contribution in [-0.2, 0) is 11.2 Å². The number of para-hydroxylation sites is 1. The normalized spacial score (nSPS) is 12.5. The quantitative estimate of drug-likeness (QED) is 0.626. The first-order valence-corrected chi connectivity index (χ1v) is 8.17. The summed E-state index contributed by atoms with van der Waals surface area (Å²) in [5, 5.41) is 13.6. The fraction of sp³-hybridized carbons (Fsp3) is 0.300. The Morgan fingerprint density at radius 3 is 2.42 bits per heavy atom. The molecule has 126 valence electrons. The lowest BCUT2D eigenvalue weighted by Gasteiger charge is -2.11. The number of amides is 1. The van der Waals surface area contributed by atoms with Crippen molar-refractivity contribution in [3.05, 3.63) is 65.2 Å². The molecule has 4 heteroatoms. The number of hydrogen-bond acceptors (Lipinski definition) is 3. The van der Waals surface area contributed by atoms with Crippen molar-refractivity contribution in [1.82, 2.24) is 5.43 Å². The van der Waals surface area contributed by atoms with E-state index in [9.17, 15) is 9.90 Å². The Morgan fingerprint density at radius 2 is 1.79 bits per heavy atom. The number of phenolic OH excluding ortho intramolecular Hbond substituents is 1. The van der Waals surface area contributed by atoms with E-state index in [1.54, 1.807) is 24.3 Å². The monoisotopic (exact) mass is 324 g/mol. The lowest BCUT2D eigenvalue weighted by Crippen LogP contribution is -2.23. The van der Waals surface area contributed by atoms with E-state index in [1.807, 2.05) is 19.1 Å². The molecule has 0 heterocycles. The zero-order chi connectivity index (χ0) is 17.5. The second-order valence-corrected chi connectivity index (χ2v) is 6.35. The van der Waals surface area contributed by atoms with E-state index in [1.165, 1.54) is 11.8 Å². The van der Waals surface area contributed by atoms with Gasteiger partial charge in [-0.15, -0.1) is 0 Å². The molecule has 0 aliphatic carbocycles. The molecule has 0 unspecified atom stereocenters. The second-order valence-electron chi connectivity index (χ2n) is 6.35. The summed E-state index contributed by atoms with van der Waals surface area (Å²) in [7, 11) is 0. The molecule has 0 fully saturated rings. The van der Waals surface area contributed by atoms with Gasteiger partial charge in [0.1, 0.15) is 5.75 Å². The third kappa shape index (κ3) is 4.95. The van der Waals surface area contributed by atoms with E-state index in [4.69, 9.17) is 0 Å². The summed E-state index contributed by atoms with van der Waals surface area (Å²) >= 11 is 0. The van der Waals surface area contributed by atoms with Crippen molar-refractivity contribution in [3.63, 3.8) is 0 Å². The highest BCUT2D eigenvalue weighted by Crippen LogP contribution is 2.18. The molecule has 0 aliphatic heterocycles. The molecule has 2 N–H and O–H groups in total. The molecule has 0 radical (unpaired) electrons. The molecular formula is C20H24N2O2. The van der Waals surface area contributed by atoms with Crippen molar-refractivity contribution in [1.29, 1.82) is 0 Å². The van der Waals surface area contributed by atoms with Gasteiger partial charge in [0.25, 0.3) is 0 Å². The molecule has 0 saturated carbocycles. The molecule has 0 bridgehead atoms. The predicted molar refractivity (Wildman–Crippen MR) is 97.2 cm³/mol. The van der Waals surface area contributed by atoms with Gasteiger partial charge in [0.15, 0.2) is 0 Å². The SMILES string of the molecule is CC(C)Cc1ccc([C@@H](C)C(=O)N/N=C/c2ccccc2O)cc1. The second kappa shape index (κ2) is 8.29. The highest BCUT2D eigenvalue weighted by molar-refractivity contribution is 5.87. The summed E-state index contributed by atoms with van der Waals surface area (Å²) < 4.78 is 0. The van der Waals surface area contributed by atoms with Crippen LogP contribution in [0.2, 0.25) is 0 Å². The first-order chi connectivity index (χ1) is 11.5. The van der Waals surface area contributed by atoms with Gasteiger partial charge >= 0.3 is 0 Å². The minimum absolute atomic E-state index is 0.129. The fourth-order valence-electron chi connectivity index (χ4n) is 2.42. The van der Waals surface area contributed by atoms with Crippen molar-refractivity contribution in [2.75, 3.05) is 0 Å². The van der Waals surface area contributed by atoms with Gasteiger partial charge in [-0.3, -0.25) is 4.79 Å². The maximum Gasteiger partial charge on any atom is 0.247 e. The maximum absolute atomic E-state index is 12.2. The third-order valence-electron chi connectivity index (χ3n) is 3.83. The van der Waals surface area contributed by atoms with Crippen molar-refractivity contribution < 1.29 is 9.90 Å². The molecule has 0 aromatic heterocycles. The molecule has 2 rings (SSSR count). The van der Waals surface area contributed by atoms with E-state index in [-0.39, 0.29) is 17.6 Å². The molecule has 1 amide bonds. The first kappa shape index (κ1) is 17.7. The van der Waals surface area contributed by atoms with Crippen molar-refractivity contribution in [2.45, 2.75) is 33.1 Å². The van der Waals surface area contributed by atoms with Crippen molar-refractivity contribution >= 4 is 12.1 Å². The number of carbonyl (C=O) groups is 1. The molecule has 2 aromatic rings. The number of benzene rings is 2. The minimum Gasteiger partial charge on any atom is -0.507 e. The topological polar surface area (TPSA) is 61.7 Å². The molecule has 0 spiro atoms. The van der Waals surface area contributed by atoms with Gasteiger partial charge in [0.05, 0.1) is 12.1 Å². The summed E-state index contributed by atoms with van der Waals surface area (Å²) in [5.74, 6) is 0.266. The number of hydrogen-bond donors (Lipinski definition) is 2. The number of rotatable bonds is 6. The van der Waals surface area contributed by atoms with Gasteiger partial charge in [-0.05, 0) is 42.5 Å². The van der Waals surface area contributed by atoms with Crippen molar-refractivity contribution in [2.24, 2.45) is 11.0 Å². The van der Waals surface area contributed by atoms with E-state index in [0.717, 1.165) is 12.0 Å². The number of carbonyl (C=O) groups excluding carboxylic acids is 1. The molecule has 1 atom stereocenters. The van der Waals surface area contributed by atoms with Crippen LogP contribution in [0.15, 0.2) is 53.6 Å². The van der Waals surface area contributed by atoms with E-state index in [0.29, 0.717) is 11.5 Å². The van der Waals surface area contributed by atoms with Gasteiger partial charge in [0, 0.05) is 5.56 Å². The standard InChI is InChI=1S/C20H24N2O2/c1-14(2)12-16-8-10-17(11-9-16)15(3)20(24)22-21-13-18-6-4-5-7-19(18)23/h4-11,13-15,23H,12H2,1-3H3,(H,22,24)/b21-13+/t15-/m1/s1. The Balaban J connectivity index is 1.95. The molecular weight excluding hydrogens is 300 g/mol. The summed E-state index contributed by atoms with van der Waals surface area (Å²) in [4.78, 5) is 12.2. The Kier molecular flexibility index (Phi) is 6.13. The van der Waals surface area contributed by atoms with Crippen LogP contribution in [0.5, 0.6) is 5.75 Å². The van der Waals surface area contributed by atoms with Gasteiger partial charge in [0.2, 0.25) is 5.91 Å². The lowest BCUT2D eigenvalue weighted by molar-refractivity contribution is -0.122. The number of phenols is 1. The smallest absolute Gasteiger partial charge is 0.247 e. The van der Waals surface area contributed by atoms with Crippen LogP contribution in [0.4, 0.5) is 0 Å². The van der Waals surface area contributed by atoms with E-state index >= 15 is 0 Å². The number of aromatic hydroxyl groups is 1. The molecule has 24 heavy (non-hydrogen) atoms. The highest BCUT2D eigenvalue weighted by Gasteiger charge is 2.14. The van der Waals surface area contributed by atoms with Gasteiger partial charge in [-0.2, -0.15) is 5.10 Å². The number of nitrogens with one attached hydrogen (secondary N) is 1. The molecule has 4 nitrogen and oxygen atoms in total. The van der Waals surface area contributed by atoms with Crippen LogP contribution in [0.3, 0.4) is 0 Å². The van der Waals surface area contributed by atoms with Gasteiger partial charge in [-0.1, -0.05) is 50.2 Å².